The van der Waals surface area contributed by atoms with Crippen molar-refractivity contribution in [2.24, 2.45) is 0 Å². The second-order valence-corrected chi connectivity index (χ2v) is 8.86. The largest absolute Gasteiger partial charge is 0.497 e. The van der Waals surface area contributed by atoms with Crippen LogP contribution in [0.1, 0.15) is 23.2 Å². The minimum Gasteiger partial charge on any atom is -0.497 e. The summed E-state index contributed by atoms with van der Waals surface area (Å²) in [5.74, 6) is 2.29. The maximum absolute atomic E-state index is 12.9. The van der Waals surface area contributed by atoms with Crippen LogP contribution in [0, 0.1) is 0 Å². The highest BCUT2D eigenvalue weighted by Crippen LogP contribution is 2.32. The summed E-state index contributed by atoms with van der Waals surface area (Å²) in [5, 5.41) is 0.664. The summed E-state index contributed by atoms with van der Waals surface area (Å²) in [6.07, 6.45) is 1.61. The number of carbonyl (C=O) groups is 1. The molecule has 33 heavy (non-hydrogen) atoms. The van der Waals surface area contributed by atoms with Gasteiger partial charge >= 0.3 is 0 Å². The molecule has 4 aromatic rings. The van der Waals surface area contributed by atoms with Gasteiger partial charge in [0, 0.05) is 37.6 Å². The molecule has 1 aliphatic heterocycles. The molecule has 5 rings (SSSR count). The number of thiazole rings is 1. The maximum atomic E-state index is 12.9. The van der Waals surface area contributed by atoms with Gasteiger partial charge in [0.15, 0.2) is 0 Å². The van der Waals surface area contributed by atoms with E-state index in [1.165, 1.54) is 11.3 Å². The Morgan fingerprint density at radius 1 is 0.939 bits per heavy atom. The van der Waals surface area contributed by atoms with Crippen LogP contribution in [0.5, 0.6) is 22.4 Å². The number of hydrogen-bond donors (Lipinski definition) is 0. The molecule has 1 aliphatic rings. The van der Waals surface area contributed by atoms with Gasteiger partial charge in [-0.25, -0.2) is 4.98 Å². The molecule has 0 saturated carbocycles. The lowest BCUT2D eigenvalue weighted by Gasteiger charge is -2.31. The van der Waals surface area contributed by atoms with Crippen molar-refractivity contribution in [1.29, 1.82) is 0 Å². The van der Waals surface area contributed by atoms with Crippen LogP contribution in [0.25, 0.3) is 10.2 Å². The zero-order chi connectivity index (χ0) is 22.6. The molecule has 0 unspecified atom stereocenters. The summed E-state index contributed by atoms with van der Waals surface area (Å²) in [5.41, 5.74) is 1.54. The van der Waals surface area contributed by atoms with Gasteiger partial charge in [-0.2, -0.15) is 0 Å². The van der Waals surface area contributed by atoms with Crippen LogP contribution in [0.4, 0.5) is 0 Å². The molecule has 1 aromatic heterocycles. The first-order valence-electron chi connectivity index (χ1n) is 10.9. The highest BCUT2D eigenvalue weighted by molar-refractivity contribution is 7.20. The number of fused-ring (bicyclic) bond motifs is 1. The lowest BCUT2D eigenvalue weighted by atomic mass is 10.1. The van der Waals surface area contributed by atoms with Gasteiger partial charge in [-0.15, -0.1) is 0 Å². The minimum atomic E-state index is 0.0341. The molecule has 0 atom stereocenters. The molecule has 7 heteroatoms. The average Bonchev–Trinajstić information content (AvgIpc) is 3.26. The number of nitrogens with zero attached hydrogens (tertiary/aromatic N) is 2. The fourth-order valence-electron chi connectivity index (χ4n) is 3.86. The third kappa shape index (κ3) is 4.93. The molecule has 2 heterocycles. The first kappa shape index (κ1) is 21.3. The van der Waals surface area contributed by atoms with Crippen LogP contribution in [0.2, 0.25) is 0 Å². The van der Waals surface area contributed by atoms with Crippen LogP contribution < -0.4 is 14.2 Å². The van der Waals surface area contributed by atoms with Crippen molar-refractivity contribution in [3.63, 3.8) is 0 Å². The summed E-state index contributed by atoms with van der Waals surface area (Å²) in [6.45, 7) is 1.31. The number of methoxy groups -OCH3 is 1. The highest BCUT2D eigenvalue weighted by Gasteiger charge is 2.25. The van der Waals surface area contributed by atoms with Gasteiger partial charge < -0.3 is 19.1 Å². The number of para-hydroxylation sites is 1. The Labute approximate surface area is 196 Å². The minimum absolute atomic E-state index is 0.0341. The van der Waals surface area contributed by atoms with E-state index in [4.69, 9.17) is 14.2 Å². The van der Waals surface area contributed by atoms with Gasteiger partial charge in [-0.1, -0.05) is 29.5 Å². The Morgan fingerprint density at radius 3 is 2.36 bits per heavy atom. The monoisotopic (exact) mass is 460 g/mol. The van der Waals surface area contributed by atoms with E-state index >= 15 is 0 Å². The summed E-state index contributed by atoms with van der Waals surface area (Å²) < 4.78 is 18.3. The zero-order valence-electron chi connectivity index (χ0n) is 18.3. The number of ether oxygens (including phenoxy) is 3. The van der Waals surface area contributed by atoms with Crippen molar-refractivity contribution in [2.75, 3.05) is 20.2 Å². The van der Waals surface area contributed by atoms with E-state index in [-0.39, 0.29) is 12.0 Å². The summed E-state index contributed by atoms with van der Waals surface area (Å²) >= 11 is 1.53. The second kappa shape index (κ2) is 9.50. The molecule has 3 aromatic carbocycles. The standard InChI is InChI=1S/C26H24N2O4S/c1-30-22-11-12-24-23(17-22)27-26(33-24)32-21-13-15-28(16-14-21)25(29)18-7-9-20(10-8-18)31-19-5-3-2-4-6-19/h2-12,17,21H,13-16H2,1H3. The smallest absolute Gasteiger partial charge is 0.274 e. The predicted octanol–water partition coefficient (Wildman–Crippen LogP) is 5.78. The Hall–Kier alpha value is -3.58. The number of benzene rings is 3. The third-order valence-corrected chi connectivity index (χ3v) is 6.58. The normalized spacial score (nSPS) is 14.3. The van der Waals surface area contributed by atoms with E-state index in [1.54, 1.807) is 7.11 Å². The van der Waals surface area contributed by atoms with Gasteiger partial charge in [-0.3, -0.25) is 4.79 Å². The number of aromatic nitrogens is 1. The molecule has 0 aliphatic carbocycles. The number of carbonyl (C=O) groups excluding carboxylic acids is 1. The number of amides is 1. The second-order valence-electron chi connectivity index (χ2n) is 7.86. The van der Waals surface area contributed by atoms with Crippen LogP contribution in [0.3, 0.4) is 0 Å². The summed E-state index contributed by atoms with van der Waals surface area (Å²) in [6, 6.07) is 22.7. The Morgan fingerprint density at radius 2 is 1.64 bits per heavy atom. The topological polar surface area (TPSA) is 60.9 Å². The van der Waals surface area contributed by atoms with Crippen molar-refractivity contribution in [2.45, 2.75) is 18.9 Å². The van der Waals surface area contributed by atoms with Crippen molar-refractivity contribution < 1.29 is 19.0 Å². The van der Waals surface area contributed by atoms with Crippen LogP contribution >= 0.6 is 11.3 Å². The number of hydrogen-bond acceptors (Lipinski definition) is 6. The van der Waals surface area contributed by atoms with Gasteiger partial charge in [0.1, 0.15) is 23.4 Å². The molecule has 0 bridgehead atoms. The van der Waals surface area contributed by atoms with Gasteiger partial charge in [0.25, 0.3) is 11.1 Å². The fourth-order valence-corrected chi connectivity index (χ4v) is 4.72. The van der Waals surface area contributed by atoms with Gasteiger partial charge in [0.05, 0.1) is 17.3 Å². The Bertz CT molecular complexity index is 1230. The number of piperidine rings is 1. The van der Waals surface area contributed by atoms with E-state index in [9.17, 15) is 4.79 Å². The van der Waals surface area contributed by atoms with Crippen molar-refractivity contribution >= 4 is 27.5 Å². The van der Waals surface area contributed by atoms with Crippen LogP contribution in [0.15, 0.2) is 72.8 Å². The molecule has 0 spiro atoms. The van der Waals surface area contributed by atoms with E-state index in [0.717, 1.165) is 34.6 Å². The summed E-state index contributed by atoms with van der Waals surface area (Å²) in [4.78, 5) is 19.4. The van der Waals surface area contributed by atoms with Gasteiger partial charge in [-0.05, 0) is 48.5 Å². The Balaban J connectivity index is 1.15. The third-order valence-electron chi connectivity index (χ3n) is 5.65. The lowest BCUT2D eigenvalue weighted by Crippen LogP contribution is -2.41. The van der Waals surface area contributed by atoms with E-state index in [2.05, 4.69) is 4.98 Å². The molecule has 1 saturated heterocycles. The molecular weight excluding hydrogens is 436 g/mol. The number of likely N-dealkylation sites (tertiary alicyclic amines) is 1. The van der Waals surface area contributed by atoms with Crippen molar-refractivity contribution in [1.82, 2.24) is 9.88 Å². The van der Waals surface area contributed by atoms with Crippen molar-refractivity contribution in [3.8, 4) is 22.4 Å². The molecule has 168 valence electrons. The first-order chi connectivity index (χ1) is 16.2. The molecule has 6 nitrogen and oxygen atoms in total. The molecule has 1 amide bonds. The van der Waals surface area contributed by atoms with E-state index < -0.39 is 0 Å². The zero-order valence-corrected chi connectivity index (χ0v) is 19.1. The molecule has 0 N–H and O–H groups in total. The first-order valence-corrected chi connectivity index (χ1v) is 11.7. The maximum Gasteiger partial charge on any atom is 0.274 e. The fraction of sp³-hybridized carbons (Fsp3) is 0.231. The van der Waals surface area contributed by atoms with Crippen molar-refractivity contribution in [3.05, 3.63) is 78.4 Å². The van der Waals surface area contributed by atoms with E-state index in [1.807, 2.05) is 77.7 Å². The molecular formula is C26H24N2O4S. The quantitative estimate of drug-likeness (QED) is 0.365. The molecule has 0 radical (unpaired) electrons. The highest BCUT2D eigenvalue weighted by atomic mass is 32.1. The van der Waals surface area contributed by atoms with Crippen LogP contribution in [-0.2, 0) is 0 Å². The lowest BCUT2D eigenvalue weighted by molar-refractivity contribution is 0.0595. The number of rotatable bonds is 6. The summed E-state index contributed by atoms with van der Waals surface area (Å²) in [7, 11) is 1.65. The Kier molecular flexibility index (Phi) is 6.13. The SMILES string of the molecule is COc1ccc2sc(OC3CCN(C(=O)c4ccc(Oc5ccccc5)cc4)CC3)nc2c1. The van der Waals surface area contributed by atoms with E-state index in [0.29, 0.717) is 29.6 Å². The average molecular weight is 461 g/mol. The van der Waals surface area contributed by atoms with Gasteiger partial charge in [0.2, 0.25) is 0 Å². The predicted molar refractivity (Wildman–Crippen MR) is 129 cm³/mol. The van der Waals surface area contributed by atoms with Crippen LogP contribution in [-0.4, -0.2) is 42.1 Å². The molecule has 1 fully saturated rings.